The van der Waals surface area contributed by atoms with Crippen LogP contribution in [0.5, 0.6) is 11.5 Å². The van der Waals surface area contributed by atoms with Crippen molar-refractivity contribution in [2.45, 2.75) is 12.4 Å². The van der Waals surface area contributed by atoms with E-state index in [-0.39, 0.29) is 17.6 Å². The molecule has 90 valence electrons. The van der Waals surface area contributed by atoms with Gasteiger partial charge in [0.25, 0.3) is 0 Å². The fraction of sp³-hybridized carbons (Fsp3) is 0.200. The van der Waals surface area contributed by atoms with Gasteiger partial charge in [-0.1, -0.05) is 6.07 Å². The largest absolute Gasteiger partial charge is 0.586 e. The Labute approximate surface area is 103 Å². The van der Waals surface area contributed by atoms with Crippen molar-refractivity contribution < 1.29 is 23.1 Å². The van der Waals surface area contributed by atoms with Gasteiger partial charge >= 0.3 is 6.29 Å². The van der Waals surface area contributed by atoms with Gasteiger partial charge in [-0.05, 0) is 39.7 Å². The lowest BCUT2D eigenvalue weighted by molar-refractivity contribution is -0.286. The Bertz CT molecular complexity index is 506. The van der Waals surface area contributed by atoms with Gasteiger partial charge in [0.05, 0.1) is 0 Å². The van der Waals surface area contributed by atoms with Gasteiger partial charge in [0.15, 0.2) is 11.5 Å². The van der Waals surface area contributed by atoms with Crippen molar-refractivity contribution in [3.05, 3.63) is 34.4 Å². The summed E-state index contributed by atoms with van der Waals surface area (Å²) in [6.07, 6.45) is -2.19. The van der Waals surface area contributed by atoms with Crippen LogP contribution in [-0.4, -0.2) is 6.29 Å². The van der Waals surface area contributed by atoms with E-state index in [1.165, 1.54) is 12.1 Å². The Morgan fingerprint density at radius 1 is 1.24 bits per heavy atom. The number of alkyl halides is 2. The first-order valence-electron chi connectivity index (χ1n) is 4.72. The summed E-state index contributed by atoms with van der Waals surface area (Å²) in [5, 5.41) is 0. The van der Waals surface area contributed by atoms with Crippen LogP contribution in [-0.2, 0) is 4.84 Å². The minimum absolute atomic E-state index is 0.00697. The molecule has 2 aliphatic rings. The van der Waals surface area contributed by atoms with E-state index in [0.717, 1.165) is 0 Å². The summed E-state index contributed by atoms with van der Waals surface area (Å²) < 4.78 is 34.9. The van der Waals surface area contributed by atoms with E-state index in [1.54, 1.807) is 12.1 Å². The third kappa shape index (κ3) is 1.96. The van der Waals surface area contributed by atoms with E-state index in [4.69, 9.17) is 4.84 Å². The molecule has 0 aliphatic carbocycles. The van der Waals surface area contributed by atoms with Crippen LogP contribution in [0.2, 0.25) is 0 Å². The normalized spacial score (nSPS) is 24.4. The number of hydrogen-bond donors (Lipinski definition) is 1. The molecule has 0 saturated heterocycles. The van der Waals surface area contributed by atoms with Gasteiger partial charge in [-0.2, -0.15) is 0 Å². The molecule has 0 fully saturated rings. The van der Waals surface area contributed by atoms with Crippen LogP contribution in [0.4, 0.5) is 8.78 Å². The molecule has 0 spiro atoms. The van der Waals surface area contributed by atoms with Gasteiger partial charge in [-0.15, -0.1) is 8.78 Å². The van der Waals surface area contributed by atoms with Crippen molar-refractivity contribution in [3.8, 4) is 11.5 Å². The Morgan fingerprint density at radius 3 is 2.71 bits per heavy atom. The summed E-state index contributed by atoms with van der Waals surface area (Å²) in [5.74, 6) is 0.0280. The number of halogens is 3. The van der Waals surface area contributed by atoms with Crippen molar-refractivity contribution in [2.24, 2.45) is 0 Å². The zero-order valence-electron chi connectivity index (χ0n) is 8.25. The van der Waals surface area contributed by atoms with Crippen LogP contribution in [0.1, 0.15) is 11.7 Å². The number of hydroxylamine groups is 1. The number of rotatable bonds is 1. The summed E-state index contributed by atoms with van der Waals surface area (Å²) >= 11 is 3.21. The molecule has 0 saturated carbocycles. The van der Waals surface area contributed by atoms with Crippen molar-refractivity contribution in [1.29, 1.82) is 0 Å². The summed E-state index contributed by atoms with van der Waals surface area (Å²) in [6, 6.07) is 4.53. The summed E-state index contributed by atoms with van der Waals surface area (Å²) in [7, 11) is 0. The molecule has 1 aromatic carbocycles. The van der Waals surface area contributed by atoms with Crippen molar-refractivity contribution >= 4 is 15.9 Å². The lowest BCUT2D eigenvalue weighted by atomic mass is 10.1. The van der Waals surface area contributed by atoms with E-state index in [1.807, 2.05) is 0 Å². The van der Waals surface area contributed by atoms with Crippen molar-refractivity contribution in [1.82, 2.24) is 5.48 Å². The molecule has 4 nitrogen and oxygen atoms in total. The molecule has 0 aromatic heterocycles. The molecule has 0 amide bonds. The number of nitrogens with one attached hydrogen (secondary N) is 1. The van der Waals surface area contributed by atoms with Crippen molar-refractivity contribution in [2.75, 3.05) is 0 Å². The van der Waals surface area contributed by atoms with Crippen LogP contribution in [0.25, 0.3) is 0 Å². The van der Waals surface area contributed by atoms with Gasteiger partial charge in [-0.25, -0.2) is 0 Å². The quantitative estimate of drug-likeness (QED) is 0.810. The molecule has 1 aromatic rings. The first-order valence-corrected chi connectivity index (χ1v) is 5.51. The number of hydrogen-bond acceptors (Lipinski definition) is 4. The standard InChI is InChI=1S/C10H6BrF2NO3/c11-9-4-7(17-14-9)5-1-2-6-8(3-5)16-10(12,13)15-6/h1-4,7,14H/t7-/m1/s1. The number of benzene rings is 1. The van der Waals surface area contributed by atoms with Crippen LogP contribution in [0, 0.1) is 0 Å². The topological polar surface area (TPSA) is 39.7 Å². The average Bonchev–Trinajstić information content (AvgIpc) is 2.78. The van der Waals surface area contributed by atoms with E-state index < -0.39 is 6.29 Å². The maximum absolute atomic E-state index is 12.8. The summed E-state index contributed by atoms with van der Waals surface area (Å²) in [6.45, 7) is 0. The lowest BCUT2D eigenvalue weighted by Crippen LogP contribution is -2.25. The second-order valence-corrected chi connectivity index (χ2v) is 4.38. The molecule has 3 rings (SSSR count). The van der Waals surface area contributed by atoms with Crippen molar-refractivity contribution in [3.63, 3.8) is 0 Å². The fourth-order valence-corrected chi connectivity index (χ4v) is 1.96. The Balaban J connectivity index is 1.91. The monoisotopic (exact) mass is 305 g/mol. The molecule has 0 bridgehead atoms. The molecule has 2 aliphatic heterocycles. The third-order valence-corrected chi connectivity index (χ3v) is 2.76. The highest BCUT2D eigenvalue weighted by atomic mass is 79.9. The zero-order valence-corrected chi connectivity index (χ0v) is 9.83. The predicted octanol–water partition coefficient (Wildman–Crippen LogP) is 2.82. The van der Waals surface area contributed by atoms with Crippen LogP contribution in [0.3, 0.4) is 0 Å². The summed E-state index contributed by atoms with van der Waals surface area (Å²) in [4.78, 5) is 5.19. The van der Waals surface area contributed by atoms with Gasteiger partial charge in [0, 0.05) is 0 Å². The smallest absolute Gasteiger partial charge is 0.395 e. The van der Waals surface area contributed by atoms with Gasteiger partial charge < -0.3 is 9.47 Å². The van der Waals surface area contributed by atoms with Gasteiger partial charge in [0.1, 0.15) is 10.7 Å². The molecule has 2 heterocycles. The molecule has 7 heteroatoms. The fourth-order valence-electron chi connectivity index (χ4n) is 1.63. The predicted molar refractivity (Wildman–Crippen MR) is 56.6 cm³/mol. The van der Waals surface area contributed by atoms with Crippen LogP contribution >= 0.6 is 15.9 Å². The highest BCUT2D eigenvalue weighted by Crippen LogP contribution is 2.42. The summed E-state index contributed by atoms with van der Waals surface area (Å²) in [5.41, 5.74) is 3.30. The minimum Gasteiger partial charge on any atom is -0.395 e. The van der Waals surface area contributed by atoms with Gasteiger partial charge in [0.2, 0.25) is 0 Å². The maximum atomic E-state index is 12.8. The highest BCUT2D eigenvalue weighted by Gasteiger charge is 2.43. The molecule has 1 atom stereocenters. The van der Waals surface area contributed by atoms with Gasteiger partial charge in [-0.3, -0.25) is 10.3 Å². The first-order chi connectivity index (χ1) is 8.03. The Hall–Kier alpha value is -1.34. The highest BCUT2D eigenvalue weighted by molar-refractivity contribution is 9.11. The van der Waals surface area contributed by atoms with Crippen LogP contribution in [0.15, 0.2) is 28.9 Å². The van der Waals surface area contributed by atoms with Crippen LogP contribution < -0.4 is 15.0 Å². The first kappa shape index (κ1) is 10.8. The van der Waals surface area contributed by atoms with E-state index in [2.05, 4.69) is 30.9 Å². The number of fused-ring (bicyclic) bond motifs is 1. The lowest BCUT2D eigenvalue weighted by Gasteiger charge is -2.07. The Kier molecular flexibility index (Phi) is 2.27. The molecule has 17 heavy (non-hydrogen) atoms. The molecule has 0 radical (unpaired) electrons. The average molecular weight is 306 g/mol. The Morgan fingerprint density at radius 2 is 2.00 bits per heavy atom. The zero-order chi connectivity index (χ0) is 12.0. The third-order valence-electron chi connectivity index (χ3n) is 2.33. The number of ether oxygens (including phenoxy) is 2. The second-order valence-electron chi connectivity index (χ2n) is 3.53. The van der Waals surface area contributed by atoms with E-state index in [0.29, 0.717) is 10.2 Å². The molecule has 1 N–H and O–H groups in total. The second kappa shape index (κ2) is 3.58. The minimum atomic E-state index is -3.59. The molecule has 0 unspecified atom stereocenters. The molecular formula is C10H6BrF2NO3. The maximum Gasteiger partial charge on any atom is 0.586 e. The van der Waals surface area contributed by atoms with E-state index >= 15 is 0 Å². The molecular weight excluding hydrogens is 300 g/mol. The SMILES string of the molecule is FC1(F)Oc2ccc([C@H]3C=C(Br)NO3)cc2O1. The van der Waals surface area contributed by atoms with E-state index in [9.17, 15) is 8.78 Å².